The molecule has 2 atom stereocenters. The SMILES string of the molecule is CC.CCCCCCN(CC)c1ccc(C2C(OC)C(c3cn(C)nc3-c3ccccc3)C2OC)c(O)c1. The van der Waals surface area contributed by atoms with Gasteiger partial charge in [-0.25, -0.2) is 0 Å². The van der Waals surface area contributed by atoms with Crippen molar-refractivity contribution in [3.8, 4) is 17.0 Å². The first-order valence-corrected chi connectivity index (χ1v) is 14.3. The Balaban J connectivity index is 0.00000195. The summed E-state index contributed by atoms with van der Waals surface area (Å²) in [6, 6.07) is 16.3. The second-order valence-corrected chi connectivity index (χ2v) is 9.81. The number of methoxy groups -OCH3 is 2. The molecule has 1 aromatic heterocycles. The fourth-order valence-corrected chi connectivity index (χ4v) is 5.75. The molecule has 0 radical (unpaired) electrons. The molecule has 3 aromatic rings. The van der Waals surface area contributed by atoms with E-state index < -0.39 is 0 Å². The number of anilines is 1. The van der Waals surface area contributed by atoms with Gasteiger partial charge in [0.15, 0.2) is 0 Å². The summed E-state index contributed by atoms with van der Waals surface area (Å²) in [7, 11) is 5.44. The molecule has 0 aliphatic heterocycles. The topological polar surface area (TPSA) is 59.8 Å². The van der Waals surface area contributed by atoms with Crippen molar-refractivity contribution in [1.29, 1.82) is 0 Å². The van der Waals surface area contributed by atoms with Gasteiger partial charge < -0.3 is 19.5 Å². The van der Waals surface area contributed by atoms with Gasteiger partial charge in [-0.3, -0.25) is 4.68 Å². The first kappa shape index (κ1) is 29.7. The second kappa shape index (κ2) is 14.4. The number of hydrogen-bond acceptors (Lipinski definition) is 5. The predicted molar refractivity (Wildman–Crippen MR) is 157 cm³/mol. The number of aromatic nitrogens is 2. The quantitative estimate of drug-likeness (QED) is 0.257. The summed E-state index contributed by atoms with van der Waals surface area (Å²) < 4.78 is 13.9. The standard InChI is InChI=1S/C30H41N3O3.C2H6/c1-6-8-9-13-18-33(7-2)22-16-17-23(25(34)19-22)26-29(35-4)27(30(26)36-5)24-20-32(3)31-28(24)21-14-11-10-12-15-21;1-2/h10-12,14-17,19-20,26-27,29-30,34H,6-9,13,18H2,1-5H3;1-2H3. The average molecular weight is 522 g/mol. The molecule has 4 rings (SSSR count). The molecule has 1 aliphatic carbocycles. The Morgan fingerprint density at radius 3 is 2.13 bits per heavy atom. The molecule has 0 saturated heterocycles. The Bertz CT molecular complexity index is 1100. The molecule has 2 aromatic carbocycles. The number of aromatic hydroxyl groups is 1. The van der Waals surface area contributed by atoms with Crippen molar-refractivity contribution >= 4 is 5.69 Å². The van der Waals surface area contributed by atoms with Crippen LogP contribution in [0, 0.1) is 0 Å². The molecule has 0 amide bonds. The highest BCUT2D eigenvalue weighted by Gasteiger charge is 2.54. The molecule has 0 bridgehead atoms. The van der Waals surface area contributed by atoms with Gasteiger partial charge in [0.05, 0.1) is 17.9 Å². The first-order valence-electron chi connectivity index (χ1n) is 14.3. The molecular weight excluding hydrogens is 474 g/mol. The smallest absolute Gasteiger partial charge is 0.121 e. The molecule has 38 heavy (non-hydrogen) atoms. The average Bonchev–Trinajstić information content (AvgIpc) is 3.32. The van der Waals surface area contributed by atoms with E-state index in [0.29, 0.717) is 5.75 Å². The zero-order valence-corrected chi connectivity index (χ0v) is 24.4. The van der Waals surface area contributed by atoms with Gasteiger partial charge in [-0.15, -0.1) is 0 Å². The van der Waals surface area contributed by atoms with E-state index in [2.05, 4.69) is 49.2 Å². The highest BCUT2D eigenvalue weighted by Crippen LogP contribution is 2.54. The number of rotatable bonds is 12. The van der Waals surface area contributed by atoms with Crippen LogP contribution in [0.25, 0.3) is 11.3 Å². The number of aryl methyl sites for hydroxylation is 1. The molecule has 0 spiro atoms. The maximum atomic E-state index is 11.1. The number of ether oxygens (including phenoxy) is 2. The van der Waals surface area contributed by atoms with Crippen molar-refractivity contribution < 1.29 is 14.6 Å². The van der Waals surface area contributed by atoms with Crippen LogP contribution in [-0.4, -0.2) is 54.4 Å². The van der Waals surface area contributed by atoms with Gasteiger partial charge in [-0.1, -0.05) is 76.4 Å². The fourth-order valence-electron chi connectivity index (χ4n) is 5.75. The Kier molecular flexibility index (Phi) is 11.2. The minimum atomic E-state index is -0.130. The van der Waals surface area contributed by atoms with E-state index in [-0.39, 0.29) is 24.0 Å². The summed E-state index contributed by atoms with van der Waals surface area (Å²) in [5.41, 5.74) is 5.08. The van der Waals surface area contributed by atoms with Gasteiger partial charge in [-0.2, -0.15) is 5.10 Å². The van der Waals surface area contributed by atoms with Crippen LogP contribution in [0.4, 0.5) is 5.69 Å². The lowest BCUT2D eigenvalue weighted by Gasteiger charge is -2.50. The van der Waals surface area contributed by atoms with Crippen molar-refractivity contribution in [2.24, 2.45) is 7.05 Å². The van der Waals surface area contributed by atoms with Gasteiger partial charge in [-0.05, 0) is 19.4 Å². The number of unbranched alkanes of at least 4 members (excludes halogenated alkanes) is 3. The predicted octanol–water partition coefficient (Wildman–Crippen LogP) is 7.14. The number of benzene rings is 2. The van der Waals surface area contributed by atoms with E-state index in [1.165, 1.54) is 25.7 Å². The van der Waals surface area contributed by atoms with Crippen molar-refractivity contribution in [2.75, 3.05) is 32.2 Å². The highest BCUT2D eigenvalue weighted by molar-refractivity contribution is 5.65. The van der Waals surface area contributed by atoms with E-state index >= 15 is 0 Å². The van der Waals surface area contributed by atoms with Crippen LogP contribution >= 0.6 is 0 Å². The minimum Gasteiger partial charge on any atom is -0.508 e. The van der Waals surface area contributed by atoms with Crippen molar-refractivity contribution in [2.45, 2.75) is 77.4 Å². The third kappa shape index (κ3) is 6.24. The minimum absolute atomic E-state index is 0.0127. The number of nitrogens with zero attached hydrogens (tertiary/aromatic N) is 3. The molecule has 6 nitrogen and oxygen atoms in total. The third-order valence-corrected chi connectivity index (χ3v) is 7.63. The van der Waals surface area contributed by atoms with E-state index in [1.807, 2.05) is 49.8 Å². The lowest BCUT2D eigenvalue weighted by Crippen LogP contribution is -2.53. The van der Waals surface area contributed by atoms with Gasteiger partial charge in [0, 0.05) is 80.8 Å². The summed E-state index contributed by atoms with van der Waals surface area (Å²) in [6.45, 7) is 10.3. The Hall–Kier alpha value is -2.83. The van der Waals surface area contributed by atoms with E-state index in [1.54, 1.807) is 14.2 Å². The largest absolute Gasteiger partial charge is 0.508 e. The second-order valence-electron chi connectivity index (χ2n) is 9.81. The van der Waals surface area contributed by atoms with Crippen LogP contribution in [0.1, 0.15) is 76.3 Å². The Morgan fingerprint density at radius 1 is 0.895 bits per heavy atom. The van der Waals surface area contributed by atoms with Gasteiger partial charge in [0.2, 0.25) is 0 Å². The molecule has 6 heteroatoms. The van der Waals surface area contributed by atoms with Crippen molar-refractivity contribution in [3.05, 3.63) is 65.9 Å². The van der Waals surface area contributed by atoms with E-state index in [4.69, 9.17) is 14.6 Å². The zero-order chi connectivity index (χ0) is 27.7. The van der Waals surface area contributed by atoms with Gasteiger partial charge in [0.1, 0.15) is 5.75 Å². The normalized spacial score (nSPS) is 20.4. The summed E-state index contributed by atoms with van der Waals surface area (Å²) in [4.78, 5) is 2.34. The molecule has 1 fully saturated rings. The van der Waals surface area contributed by atoms with Crippen LogP contribution < -0.4 is 4.90 Å². The lowest BCUT2D eigenvalue weighted by atomic mass is 9.62. The highest BCUT2D eigenvalue weighted by atomic mass is 16.5. The van der Waals surface area contributed by atoms with Crippen LogP contribution in [-0.2, 0) is 16.5 Å². The molecular formula is C32H47N3O3. The van der Waals surface area contributed by atoms with Crippen LogP contribution in [0.3, 0.4) is 0 Å². The zero-order valence-electron chi connectivity index (χ0n) is 24.4. The van der Waals surface area contributed by atoms with Crippen LogP contribution in [0.2, 0.25) is 0 Å². The molecule has 208 valence electrons. The van der Waals surface area contributed by atoms with Gasteiger partial charge >= 0.3 is 0 Å². The molecule has 1 N–H and O–H groups in total. The maximum Gasteiger partial charge on any atom is 0.121 e. The summed E-state index contributed by atoms with van der Waals surface area (Å²) >= 11 is 0. The van der Waals surface area contributed by atoms with E-state index in [9.17, 15) is 5.11 Å². The summed E-state index contributed by atoms with van der Waals surface area (Å²) in [5.74, 6) is 0.253. The number of hydrogen-bond donors (Lipinski definition) is 1. The van der Waals surface area contributed by atoms with Crippen molar-refractivity contribution in [1.82, 2.24) is 9.78 Å². The summed E-state index contributed by atoms with van der Waals surface area (Å²) in [5, 5.41) is 15.9. The third-order valence-electron chi connectivity index (χ3n) is 7.63. The molecule has 1 aliphatic rings. The molecule has 1 saturated carbocycles. The van der Waals surface area contributed by atoms with E-state index in [0.717, 1.165) is 41.2 Å². The Labute approximate surface area is 229 Å². The van der Waals surface area contributed by atoms with Crippen LogP contribution in [0.5, 0.6) is 5.75 Å². The maximum absolute atomic E-state index is 11.1. The number of phenols is 1. The lowest BCUT2D eigenvalue weighted by molar-refractivity contribution is -0.116. The number of phenolic OH excluding ortho intramolecular Hbond substituents is 1. The molecule has 2 unspecified atom stereocenters. The van der Waals surface area contributed by atoms with Gasteiger partial charge in [0.25, 0.3) is 0 Å². The molecule has 1 heterocycles. The summed E-state index contributed by atoms with van der Waals surface area (Å²) in [6.07, 6.45) is 6.72. The van der Waals surface area contributed by atoms with Crippen molar-refractivity contribution in [3.63, 3.8) is 0 Å². The fraction of sp³-hybridized carbons (Fsp3) is 0.531. The Morgan fingerprint density at radius 2 is 1.55 bits per heavy atom. The monoisotopic (exact) mass is 521 g/mol. The first-order chi connectivity index (χ1) is 18.5. The van der Waals surface area contributed by atoms with Crippen LogP contribution in [0.15, 0.2) is 54.7 Å².